The molecule has 0 aliphatic rings. The van der Waals surface area contributed by atoms with E-state index in [4.69, 9.17) is 4.74 Å². The lowest BCUT2D eigenvalue weighted by molar-refractivity contribution is -0.143. The highest BCUT2D eigenvalue weighted by Gasteiger charge is 1.99. The van der Waals surface area contributed by atoms with Gasteiger partial charge in [0.25, 0.3) is 0 Å². The van der Waals surface area contributed by atoms with Crippen molar-refractivity contribution in [1.29, 1.82) is 0 Å². The zero-order valence-corrected chi connectivity index (χ0v) is 16.8. The third-order valence-corrected chi connectivity index (χ3v) is 4.46. The fraction of sp³-hybridized carbons (Fsp3) is 0.857. The third kappa shape index (κ3) is 19.6. The molecule has 0 bridgehead atoms. The Morgan fingerprint density at radius 2 is 1.29 bits per heavy atom. The number of esters is 1. The smallest absolute Gasteiger partial charge is 0.306 e. The van der Waals surface area contributed by atoms with E-state index in [9.17, 15) is 4.79 Å². The van der Waals surface area contributed by atoms with Gasteiger partial charge in [0.15, 0.2) is 0 Å². The number of rotatable bonds is 18. The molecule has 0 aliphatic heterocycles. The summed E-state index contributed by atoms with van der Waals surface area (Å²) >= 11 is 4.01. The fourth-order valence-corrected chi connectivity index (χ4v) is 2.88. The molecule has 0 aromatic rings. The minimum atomic E-state index is -0.113. The summed E-state index contributed by atoms with van der Waals surface area (Å²) in [7, 11) is 0. The lowest BCUT2D eigenvalue weighted by Crippen LogP contribution is -2.06. The van der Waals surface area contributed by atoms with Gasteiger partial charge in [0.2, 0.25) is 0 Å². The van der Waals surface area contributed by atoms with Crippen molar-refractivity contribution >= 4 is 18.6 Å². The molecule has 0 saturated heterocycles. The molecule has 0 spiro atoms. The number of hydrogen-bond donors (Lipinski definition) is 1. The minimum absolute atomic E-state index is 0.113. The van der Waals surface area contributed by atoms with Crippen LogP contribution in [-0.2, 0) is 9.53 Å². The average molecular weight is 357 g/mol. The molecule has 0 N–H and O–H groups in total. The van der Waals surface area contributed by atoms with Crippen molar-refractivity contribution in [2.75, 3.05) is 12.4 Å². The predicted octanol–water partition coefficient (Wildman–Crippen LogP) is 6.89. The second-order valence-electron chi connectivity index (χ2n) is 6.63. The van der Waals surface area contributed by atoms with Crippen LogP contribution in [0.4, 0.5) is 0 Å². The monoisotopic (exact) mass is 356 g/mol. The van der Waals surface area contributed by atoms with Gasteiger partial charge < -0.3 is 4.74 Å². The van der Waals surface area contributed by atoms with Gasteiger partial charge in [0.05, 0.1) is 13.0 Å². The number of thiol groups is 1. The van der Waals surface area contributed by atoms with Crippen LogP contribution < -0.4 is 0 Å². The van der Waals surface area contributed by atoms with E-state index in [1.807, 2.05) is 0 Å². The molecule has 3 heteroatoms. The van der Waals surface area contributed by atoms with Gasteiger partial charge in [0, 0.05) is 5.75 Å². The first-order chi connectivity index (χ1) is 11.8. The van der Waals surface area contributed by atoms with Crippen LogP contribution in [0.2, 0.25) is 0 Å². The van der Waals surface area contributed by atoms with E-state index in [0.717, 1.165) is 6.42 Å². The standard InChI is InChI=1S/C21H40O2S/c1-2-3-4-5-6-7-8-9-10-11-12-13-14-15-16-17-19-23-21(22)18-20-24/h9-10,24H,2-8,11-20H2,1H3/b10-9-. The van der Waals surface area contributed by atoms with Crippen LogP contribution in [0.3, 0.4) is 0 Å². The summed E-state index contributed by atoms with van der Waals surface area (Å²) in [6.45, 7) is 2.85. The van der Waals surface area contributed by atoms with Crippen LogP contribution in [0.15, 0.2) is 12.2 Å². The lowest BCUT2D eigenvalue weighted by Gasteiger charge is -2.03. The first kappa shape index (κ1) is 23.6. The fourth-order valence-electron chi connectivity index (χ4n) is 2.70. The molecule has 2 nitrogen and oxygen atoms in total. The maximum Gasteiger partial charge on any atom is 0.306 e. The van der Waals surface area contributed by atoms with Crippen LogP contribution in [0.1, 0.15) is 103 Å². The molecule has 0 aliphatic carbocycles. The third-order valence-electron chi connectivity index (χ3n) is 4.24. The summed E-state index contributed by atoms with van der Waals surface area (Å²) in [5, 5.41) is 0. The largest absolute Gasteiger partial charge is 0.466 e. The van der Waals surface area contributed by atoms with Crippen molar-refractivity contribution in [3.8, 4) is 0 Å². The minimum Gasteiger partial charge on any atom is -0.466 e. The van der Waals surface area contributed by atoms with E-state index < -0.39 is 0 Å². The second-order valence-corrected chi connectivity index (χ2v) is 7.08. The van der Waals surface area contributed by atoms with Crippen molar-refractivity contribution < 1.29 is 9.53 Å². The molecule has 0 aromatic carbocycles. The van der Waals surface area contributed by atoms with Crippen LogP contribution in [-0.4, -0.2) is 18.3 Å². The van der Waals surface area contributed by atoms with Crippen molar-refractivity contribution in [3.05, 3.63) is 12.2 Å². The number of hydrogen-bond acceptors (Lipinski definition) is 3. The highest BCUT2D eigenvalue weighted by molar-refractivity contribution is 7.80. The Labute approximate surface area is 156 Å². The van der Waals surface area contributed by atoms with Crippen LogP contribution in [0.5, 0.6) is 0 Å². The molecule has 0 heterocycles. The van der Waals surface area contributed by atoms with Gasteiger partial charge in [0.1, 0.15) is 0 Å². The lowest BCUT2D eigenvalue weighted by atomic mass is 10.1. The molecule has 142 valence electrons. The van der Waals surface area contributed by atoms with Crippen molar-refractivity contribution in [1.82, 2.24) is 0 Å². The van der Waals surface area contributed by atoms with Gasteiger partial charge in [-0.1, -0.05) is 76.9 Å². The van der Waals surface area contributed by atoms with Crippen molar-refractivity contribution in [3.63, 3.8) is 0 Å². The van der Waals surface area contributed by atoms with E-state index in [0.29, 0.717) is 18.8 Å². The summed E-state index contributed by atoms with van der Waals surface area (Å²) < 4.78 is 5.10. The van der Waals surface area contributed by atoms with Gasteiger partial charge in [-0.2, -0.15) is 12.6 Å². The van der Waals surface area contributed by atoms with Crippen LogP contribution in [0, 0.1) is 0 Å². The molecule has 0 fully saturated rings. The van der Waals surface area contributed by atoms with E-state index in [2.05, 4.69) is 31.7 Å². The van der Waals surface area contributed by atoms with E-state index in [1.54, 1.807) is 0 Å². The molecule has 0 amide bonds. The Hall–Kier alpha value is -0.440. The SMILES string of the molecule is CCCCCCCC/C=C\CCCCCCCCOC(=O)CCS. The van der Waals surface area contributed by atoms with Crippen LogP contribution in [0.25, 0.3) is 0 Å². The predicted molar refractivity (Wildman–Crippen MR) is 109 cm³/mol. The van der Waals surface area contributed by atoms with Crippen LogP contribution >= 0.6 is 12.6 Å². The number of ether oxygens (including phenoxy) is 1. The zero-order chi connectivity index (χ0) is 17.7. The maximum atomic E-state index is 11.1. The summed E-state index contributed by atoms with van der Waals surface area (Å²) in [4.78, 5) is 11.1. The van der Waals surface area contributed by atoms with Gasteiger partial charge in [-0.25, -0.2) is 0 Å². The van der Waals surface area contributed by atoms with Gasteiger partial charge in [-0.3, -0.25) is 4.79 Å². The summed E-state index contributed by atoms with van der Waals surface area (Å²) in [5.74, 6) is 0.462. The number of carbonyl (C=O) groups excluding carboxylic acids is 1. The molecular formula is C21H40O2S. The Balaban J connectivity index is 3.11. The van der Waals surface area contributed by atoms with E-state index in [-0.39, 0.29) is 5.97 Å². The Morgan fingerprint density at radius 3 is 1.83 bits per heavy atom. The van der Waals surface area contributed by atoms with Gasteiger partial charge in [-0.15, -0.1) is 0 Å². The topological polar surface area (TPSA) is 26.3 Å². The Morgan fingerprint density at radius 1 is 0.792 bits per heavy atom. The first-order valence-electron chi connectivity index (χ1n) is 10.2. The summed E-state index contributed by atoms with van der Waals surface area (Å²) in [6.07, 6.45) is 23.3. The maximum absolute atomic E-state index is 11.1. The Bertz CT molecular complexity index is 290. The first-order valence-corrected chi connectivity index (χ1v) is 10.9. The normalized spacial score (nSPS) is 11.2. The summed E-state index contributed by atoms with van der Waals surface area (Å²) in [5.41, 5.74) is 0. The van der Waals surface area contributed by atoms with Crippen molar-refractivity contribution in [2.24, 2.45) is 0 Å². The van der Waals surface area contributed by atoms with E-state index >= 15 is 0 Å². The second kappa shape index (κ2) is 20.6. The van der Waals surface area contributed by atoms with Gasteiger partial charge >= 0.3 is 5.97 Å². The highest BCUT2D eigenvalue weighted by atomic mass is 32.1. The number of unbranched alkanes of at least 4 members (excludes halogenated alkanes) is 12. The molecule has 0 radical (unpaired) electrons. The zero-order valence-electron chi connectivity index (χ0n) is 15.9. The molecule has 0 saturated carbocycles. The molecule has 24 heavy (non-hydrogen) atoms. The number of allylic oxidation sites excluding steroid dienone is 2. The molecule has 0 unspecified atom stereocenters. The van der Waals surface area contributed by atoms with E-state index in [1.165, 1.54) is 83.5 Å². The summed E-state index contributed by atoms with van der Waals surface area (Å²) in [6, 6.07) is 0. The number of carbonyl (C=O) groups is 1. The Kier molecular flexibility index (Phi) is 20.2. The van der Waals surface area contributed by atoms with Crippen molar-refractivity contribution in [2.45, 2.75) is 103 Å². The average Bonchev–Trinajstić information content (AvgIpc) is 2.58. The molecular weight excluding hydrogens is 316 g/mol. The molecule has 0 atom stereocenters. The quantitative estimate of drug-likeness (QED) is 0.125. The molecule has 0 aromatic heterocycles. The highest BCUT2D eigenvalue weighted by Crippen LogP contribution is 2.10. The van der Waals surface area contributed by atoms with Gasteiger partial charge in [-0.05, 0) is 32.1 Å². The molecule has 0 rings (SSSR count).